The van der Waals surface area contributed by atoms with Gasteiger partial charge in [-0.2, -0.15) is 0 Å². The van der Waals surface area contributed by atoms with Gasteiger partial charge in [-0.1, -0.05) is 23.7 Å². The first-order valence-electron chi connectivity index (χ1n) is 5.94. The van der Waals surface area contributed by atoms with E-state index in [1.807, 2.05) is 34.0 Å². The van der Waals surface area contributed by atoms with Crippen LogP contribution in [0.15, 0.2) is 29.6 Å². The Bertz CT molecular complexity index is 764. The van der Waals surface area contributed by atoms with Crippen molar-refractivity contribution in [3.63, 3.8) is 0 Å². The molecule has 0 radical (unpaired) electrons. The predicted molar refractivity (Wildman–Crippen MR) is 77.3 cm³/mol. The Morgan fingerprint density at radius 2 is 2.05 bits per heavy atom. The molecular formula is C13H10ClN3O2S. The molecule has 5 nitrogen and oxygen atoms in total. The summed E-state index contributed by atoms with van der Waals surface area (Å²) in [6.07, 6.45) is 0.393. The molecule has 0 atom stereocenters. The van der Waals surface area contributed by atoms with Crippen molar-refractivity contribution in [1.82, 2.24) is 14.6 Å². The molecule has 3 rings (SSSR count). The number of carboxylic acid groups (broad SMARTS) is 1. The van der Waals surface area contributed by atoms with Crippen LogP contribution in [0, 0.1) is 0 Å². The lowest BCUT2D eigenvalue weighted by Gasteiger charge is -2.02. The molecule has 2 aromatic heterocycles. The van der Waals surface area contributed by atoms with Crippen LogP contribution in [0.5, 0.6) is 0 Å². The number of thiazole rings is 1. The molecule has 20 heavy (non-hydrogen) atoms. The van der Waals surface area contributed by atoms with Gasteiger partial charge in [0.1, 0.15) is 5.82 Å². The first kappa shape index (κ1) is 13.1. The monoisotopic (exact) mass is 307 g/mol. The summed E-state index contributed by atoms with van der Waals surface area (Å²) in [5.74, 6) is -0.182. The van der Waals surface area contributed by atoms with E-state index in [9.17, 15) is 4.79 Å². The van der Waals surface area contributed by atoms with Crippen molar-refractivity contribution in [2.45, 2.75) is 12.8 Å². The lowest BCUT2D eigenvalue weighted by molar-refractivity contribution is -0.137. The van der Waals surface area contributed by atoms with E-state index < -0.39 is 5.97 Å². The number of aryl methyl sites for hydroxylation is 1. The van der Waals surface area contributed by atoms with Gasteiger partial charge in [-0.15, -0.1) is 21.5 Å². The van der Waals surface area contributed by atoms with E-state index in [4.69, 9.17) is 16.7 Å². The summed E-state index contributed by atoms with van der Waals surface area (Å²) in [6, 6.07) is 7.49. The molecule has 0 fully saturated rings. The second-order valence-corrected chi connectivity index (χ2v) is 5.53. The van der Waals surface area contributed by atoms with Crippen LogP contribution in [-0.2, 0) is 11.2 Å². The maximum absolute atomic E-state index is 10.7. The van der Waals surface area contributed by atoms with Gasteiger partial charge in [-0.25, -0.2) is 0 Å². The molecule has 0 aliphatic rings. The Morgan fingerprint density at radius 3 is 2.75 bits per heavy atom. The van der Waals surface area contributed by atoms with Crippen LogP contribution in [0.1, 0.15) is 12.2 Å². The van der Waals surface area contributed by atoms with Gasteiger partial charge in [0.05, 0.1) is 12.1 Å². The number of halogens is 1. The van der Waals surface area contributed by atoms with E-state index in [1.165, 1.54) is 11.3 Å². The van der Waals surface area contributed by atoms with E-state index in [2.05, 4.69) is 10.2 Å². The Hall–Kier alpha value is -1.92. The quantitative estimate of drug-likeness (QED) is 0.804. The Balaban J connectivity index is 2.04. The fourth-order valence-electron chi connectivity index (χ4n) is 1.98. The summed E-state index contributed by atoms with van der Waals surface area (Å²) in [5.41, 5.74) is 1.95. The highest BCUT2D eigenvalue weighted by Gasteiger charge is 2.14. The molecule has 0 aliphatic carbocycles. The number of carbonyl (C=O) groups is 1. The highest BCUT2D eigenvalue weighted by molar-refractivity contribution is 7.15. The average Bonchev–Trinajstić information content (AvgIpc) is 2.99. The number of carboxylic acids is 1. The first-order chi connectivity index (χ1) is 9.65. The minimum absolute atomic E-state index is 0.0384. The Morgan fingerprint density at radius 1 is 1.30 bits per heavy atom. The molecule has 0 saturated heterocycles. The summed E-state index contributed by atoms with van der Waals surface area (Å²) < 4.78 is 1.90. The standard InChI is InChI=1S/C13H10ClN3O2S/c14-9-3-1-8(2-4-9)10-7-20-13-16-15-11(17(10)13)5-6-12(18)19/h1-4,7H,5-6H2,(H,18,19). The Kier molecular flexibility index (Phi) is 3.42. The minimum atomic E-state index is -0.843. The molecule has 0 bridgehead atoms. The largest absolute Gasteiger partial charge is 0.481 e. The first-order valence-corrected chi connectivity index (χ1v) is 7.20. The van der Waals surface area contributed by atoms with Crippen molar-refractivity contribution in [3.05, 3.63) is 40.5 Å². The van der Waals surface area contributed by atoms with E-state index in [0.29, 0.717) is 17.3 Å². The van der Waals surface area contributed by atoms with Gasteiger partial charge in [0.25, 0.3) is 0 Å². The fourth-order valence-corrected chi connectivity index (χ4v) is 2.96. The smallest absolute Gasteiger partial charge is 0.303 e. The topological polar surface area (TPSA) is 67.5 Å². The number of aromatic nitrogens is 3. The molecule has 0 spiro atoms. The molecule has 3 aromatic rings. The highest BCUT2D eigenvalue weighted by atomic mass is 35.5. The van der Waals surface area contributed by atoms with Crippen molar-refractivity contribution in [3.8, 4) is 11.3 Å². The molecule has 1 aromatic carbocycles. The third-order valence-electron chi connectivity index (χ3n) is 2.92. The maximum atomic E-state index is 10.7. The summed E-state index contributed by atoms with van der Waals surface area (Å²) in [5, 5.41) is 19.6. The van der Waals surface area contributed by atoms with Gasteiger partial charge in [-0.3, -0.25) is 9.20 Å². The molecule has 7 heteroatoms. The summed E-state index contributed by atoms with van der Waals surface area (Å²) in [4.78, 5) is 11.5. The molecule has 0 unspecified atom stereocenters. The lowest BCUT2D eigenvalue weighted by atomic mass is 10.2. The molecule has 102 valence electrons. The van der Waals surface area contributed by atoms with Crippen molar-refractivity contribution in [2.24, 2.45) is 0 Å². The van der Waals surface area contributed by atoms with Crippen LogP contribution in [-0.4, -0.2) is 25.7 Å². The van der Waals surface area contributed by atoms with Crippen LogP contribution in [0.2, 0.25) is 5.02 Å². The summed E-state index contributed by atoms with van der Waals surface area (Å²) >= 11 is 7.37. The zero-order valence-electron chi connectivity index (χ0n) is 10.3. The summed E-state index contributed by atoms with van der Waals surface area (Å²) in [6.45, 7) is 0. The van der Waals surface area contributed by atoms with Crippen LogP contribution in [0.4, 0.5) is 0 Å². The van der Waals surface area contributed by atoms with Crippen molar-refractivity contribution in [2.75, 3.05) is 0 Å². The van der Waals surface area contributed by atoms with E-state index in [-0.39, 0.29) is 6.42 Å². The molecule has 1 N–H and O–H groups in total. The Labute approximate surface area is 123 Å². The van der Waals surface area contributed by atoms with E-state index >= 15 is 0 Å². The molecule has 0 saturated carbocycles. The van der Waals surface area contributed by atoms with Crippen molar-refractivity contribution >= 4 is 33.9 Å². The summed E-state index contributed by atoms with van der Waals surface area (Å²) in [7, 11) is 0. The highest BCUT2D eigenvalue weighted by Crippen LogP contribution is 2.27. The van der Waals surface area contributed by atoms with Crippen molar-refractivity contribution in [1.29, 1.82) is 0 Å². The normalized spacial score (nSPS) is 11.1. The zero-order chi connectivity index (χ0) is 14.1. The number of hydrogen-bond acceptors (Lipinski definition) is 4. The predicted octanol–water partition coefficient (Wildman–Crippen LogP) is 3.13. The van der Waals surface area contributed by atoms with Gasteiger partial charge in [0.15, 0.2) is 0 Å². The molecule has 0 aliphatic heterocycles. The van der Waals surface area contributed by atoms with Crippen LogP contribution in [0.25, 0.3) is 16.2 Å². The van der Waals surface area contributed by atoms with Crippen molar-refractivity contribution < 1.29 is 9.90 Å². The number of benzene rings is 1. The zero-order valence-corrected chi connectivity index (χ0v) is 11.9. The third-order valence-corrected chi connectivity index (χ3v) is 3.99. The van der Waals surface area contributed by atoms with Gasteiger partial charge in [0.2, 0.25) is 4.96 Å². The van der Waals surface area contributed by atoms with Gasteiger partial charge < -0.3 is 5.11 Å². The number of nitrogens with zero attached hydrogens (tertiary/aromatic N) is 3. The van der Waals surface area contributed by atoms with Gasteiger partial charge in [0, 0.05) is 16.8 Å². The average molecular weight is 308 g/mol. The molecule has 0 amide bonds. The van der Waals surface area contributed by atoms with E-state index in [0.717, 1.165) is 16.2 Å². The molecular weight excluding hydrogens is 298 g/mol. The van der Waals surface area contributed by atoms with Crippen LogP contribution >= 0.6 is 22.9 Å². The second kappa shape index (κ2) is 5.22. The number of hydrogen-bond donors (Lipinski definition) is 1. The van der Waals surface area contributed by atoms with E-state index in [1.54, 1.807) is 0 Å². The number of rotatable bonds is 4. The molecule has 2 heterocycles. The second-order valence-electron chi connectivity index (χ2n) is 4.26. The third kappa shape index (κ3) is 2.39. The minimum Gasteiger partial charge on any atom is -0.481 e. The number of aliphatic carboxylic acids is 1. The SMILES string of the molecule is O=C(O)CCc1nnc2scc(-c3ccc(Cl)cc3)n12. The van der Waals surface area contributed by atoms with Crippen LogP contribution in [0.3, 0.4) is 0 Å². The fraction of sp³-hybridized carbons (Fsp3) is 0.154. The maximum Gasteiger partial charge on any atom is 0.303 e. The van der Waals surface area contributed by atoms with Crippen LogP contribution < -0.4 is 0 Å². The van der Waals surface area contributed by atoms with Gasteiger partial charge in [-0.05, 0) is 17.7 Å². The number of fused-ring (bicyclic) bond motifs is 1. The lowest BCUT2D eigenvalue weighted by Crippen LogP contribution is -2.02. The van der Waals surface area contributed by atoms with Gasteiger partial charge >= 0.3 is 5.97 Å².